The van der Waals surface area contributed by atoms with Crippen LogP contribution in [0, 0.1) is 5.92 Å². The Balaban J connectivity index is 1.69. The maximum Gasteiger partial charge on any atom is 0.335 e. The van der Waals surface area contributed by atoms with Crippen molar-refractivity contribution in [3.63, 3.8) is 0 Å². The molecule has 30 heavy (non-hydrogen) atoms. The molecule has 7 heteroatoms. The summed E-state index contributed by atoms with van der Waals surface area (Å²) in [5, 5.41) is 12.1. The van der Waals surface area contributed by atoms with Crippen LogP contribution in [-0.4, -0.2) is 25.9 Å². The van der Waals surface area contributed by atoms with Crippen molar-refractivity contribution >= 4 is 23.3 Å². The van der Waals surface area contributed by atoms with Gasteiger partial charge in [0, 0.05) is 18.1 Å². The Hall–Kier alpha value is -3.74. The fourth-order valence-electron chi connectivity index (χ4n) is 3.48. The summed E-state index contributed by atoms with van der Waals surface area (Å²) in [7, 11) is 0. The molecule has 1 unspecified atom stereocenters. The van der Waals surface area contributed by atoms with Crippen LogP contribution in [0.5, 0.6) is 0 Å². The van der Waals surface area contributed by atoms with Crippen molar-refractivity contribution in [3.05, 3.63) is 89.3 Å². The molecule has 0 bridgehead atoms. The van der Waals surface area contributed by atoms with Crippen LogP contribution < -0.4 is 5.32 Å². The standard InChI is InChI=1S/C23H21FN4O2/c1-14-5-10-20-18(24)4-3-13-28(20)21(15(14)2)19-11-12-25-23(27-19)26-17-8-6-16(7-9-17)22(29)30/h3-4,6-14H,5H2,1-2H3,(H,29,30)(H,25,26,27). The number of anilines is 2. The molecule has 0 spiro atoms. The molecule has 6 nitrogen and oxygen atoms in total. The van der Waals surface area contributed by atoms with Crippen LogP contribution in [0.2, 0.25) is 0 Å². The molecule has 2 aromatic rings. The van der Waals surface area contributed by atoms with Gasteiger partial charge in [0.05, 0.1) is 22.7 Å². The Morgan fingerprint density at radius 3 is 2.77 bits per heavy atom. The van der Waals surface area contributed by atoms with Gasteiger partial charge in [-0.1, -0.05) is 13.0 Å². The zero-order valence-electron chi connectivity index (χ0n) is 16.6. The van der Waals surface area contributed by atoms with Crippen molar-refractivity contribution in [2.45, 2.75) is 20.3 Å². The van der Waals surface area contributed by atoms with Crippen LogP contribution in [0.15, 0.2) is 78.1 Å². The number of aromatic carboxylic acids is 1. The number of allylic oxidation sites excluding steroid dienone is 5. The zero-order valence-corrected chi connectivity index (χ0v) is 16.6. The summed E-state index contributed by atoms with van der Waals surface area (Å²) >= 11 is 0. The minimum absolute atomic E-state index is 0.203. The normalized spacial score (nSPS) is 18.4. The first-order chi connectivity index (χ1) is 14.4. The predicted octanol–water partition coefficient (Wildman–Crippen LogP) is 5.26. The molecule has 2 aliphatic rings. The minimum atomic E-state index is -0.982. The molecule has 0 fully saturated rings. The average molecular weight is 404 g/mol. The van der Waals surface area contributed by atoms with E-state index >= 15 is 0 Å². The molecule has 0 amide bonds. The van der Waals surface area contributed by atoms with Crippen LogP contribution in [-0.2, 0) is 0 Å². The Morgan fingerprint density at radius 1 is 1.27 bits per heavy atom. The topological polar surface area (TPSA) is 78.3 Å². The molecule has 1 aromatic heterocycles. The number of fused-ring (bicyclic) bond motifs is 1. The van der Waals surface area contributed by atoms with E-state index in [4.69, 9.17) is 5.11 Å². The molecule has 2 N–H and O–H groups in total. The molecule has 0 saturated heterocycles. The van der Waals surface area contributed by atoms with E-state index in [-0.39, 0.29) is 17.3 Å². The smallest absolute Gasteiger partial charge is 0.335 e. The van der Waals surface area contributed by atoms with Crippen LogP contribution in [0.4, 0.5) is 16.0 Å². The summed E-state index contributed by atoms with van der Waals surface area (Å²) in [5.41, 5.74) is 4.01. The number of halogens is 1. The Labute approximate surface area is 173 Å². The van der Waals surface area contributed by atoms with Crippen LogP contribution in [0.25, 0.3) is 5.70 Å². The number of carboxylic acids is 1. The third kappa shape index (κ3) is 3.74. The number of nitrogens with one attached hydrogen (secondary N) is 1. The molecule has 2 aliphatic heterocycles. The van der Waals surface area contributed by atoms with Gasteiger partial charge in [-0.3, -0.25) is 0 Å². The summed E-state index contributed by atoms with van der Waals surface area (Å²) in [6.07, 6.45) is 9.28. The molecule has 0 saturated carbocycles. The van der Waals surface area contributed by atoms with Crippen molar-refractivity contribution in [2.24, 2.45) is 5.92 Å². The SMILES string of the molecule is CC1=C(c2ccnc(Nc3ccc(C(=O)O)cc3)n2)N2C=CC=C(F)C2=CCC1C. The average Bonchev–Trinajstić information content (AvgIpc) is 2.86. The molecule has 1 atom stereocenters. The number of carboxylic acid groups (broad SMARTS) is 1. The highest BCUT2D eigenvalue weighted by atomic mass is 19.1. The molecular formula is C23H21FN4O2. The van der Waals surface area contributed by atoms with Gasteiger partial charge in [0.1, 0.15) is 5.83 Å². The maximum atomic E-state index is 14.5. The van der Waals surface area contributed by atoms with Crippen molar-refractivity contribution < 1.29 is 14.3 Å². The minimum Gasteiger partial charge on any atom is -0.478 e. The Bertz CT molecular complexity index is 1120. The molecule has 1 aromatic carbocycles. The van der Waals surface area contributed by atoms with Gasteiger partial charge in [-0.05, 0) is 67.3 Å². The number of aromatic nitrogens is 2. The van der Waals surface area contributed by atoms with Gasteiger partial charge in [0.2, 0.25) is 5.95 Å². The number of benzene rings is 1. The highest BCUT2D eigenvalue weighted by Crippen LogP contribution is 2.38. The number of hydrogen-bond donors (Lipinski definition) is 2. The van der Waals surface area contributed by atoms with E-state index in [1.807, 2.05) is 24.1 Å². The molecule has 4 rings (SSSR count). The van der Waals surface area contributed by atoms with Crippen LogP contribution in [0.1, 0.15) is 36.3 Å². The Morgan fingerprint density at radius 2 is 2.03 bits per heavy atom. The highest BCUT2D eigenvalue weighted by Gasteiger charge is 2.27. The van der Waals surface area contributed by atoms with E-state index in [0.717, 1.165) is 17.7 Å². The van der Waals surface area contributed by atoms with Gasteiger partial charge >= 0.3 is 5.97 Å². The maximum absolute atomic E-state index is 14.5. The second-order valence-corrected chi connectivity index (χ2v) is 7.26. The van der Waals surface area contributed by atoms with E-state index < -0.39 is 5.97 Å². The van der Waals surface area contributed by atoms with Gasteiger partial charge in [-0.2, -0.15) is 0 Å². The van der Waals surface area contributed by atoms with E-state index in [1.165, 1.54) is 18.2 Å². The third-order valence-corrected chi connectivity index (χ3v) is 5.29. The van der Waals surface area contributed by atoms with Gasteiger partial charge in [0.25, 0.3) is 0 Å². The van der Waals surface area contributed by atoms with E-state index in [1.54, 1.807) is 30.5 Å². The second-order valence-electron chi connectivity index (χ2n) is 7.26. The van der Waals surface area contributed by atoms with E-state index in [9.17, 15) is 9.18 Å². The van der Waals surface area contributed by atoms with E-state index in [2.05, 4.69) is 22.2 Å². The van der Waals surface area contributed by atoms with Crippen molar-refractivity contribution in [1.82, 2.24) is 14.9 Å². The first-order valence-electron chi connectivity index (χ1n) is 9.62. The fraction of sp³-hybridized carbons (Fsp3) is 0.174. The lowest BCUT2D eigenvalue weighted by Crippen LogP contribution is -2.19. The summed E-state index contributed by atoms with van der Waals surface area (Å²) in [6.45, 7) is 4.15. The highest BCUT2D eigenvalue weighted by molar-refractivity contribution is 5.88. The summed E-state index contributed by atoms with van der Waals surface area (Å²) in [6, 6.07) is 8.15. The van der Waals surface area contributed by atoms with Crippen molar-refractivity contribution in [1.29, 1.82) is 0 Å². The zero-order chi connectivity index (χ0) is 21.3. The number of carbonyl (C=O) groups is 1. The quantitative estimate of drug-likeness (QED) is 0.724. The summed E-state index contributed by atoms with van der Waals surface area (Å²) in [4.78, 5) is 21.8. The lowest BCUT2D eigenvalue weighted by atomic mass is 9.96. The molecule has 3 heterocycles. The lowest BCUT2D eigenvalue weighted by molar-refractivity contribution is 0.0697. The number of nitrogens with zero attached hydrogens (tertiary/aromatic N) is 3. The Kier molecular flexibility index (Phi) is 5.18. The van der Waals surface area contributed by atoms with Crippen LogP contribution in [0.3, 0.4) is 0 Å². The first kappa shape index (κ1) is 19.6. The van der Waals surface area contributed by atoms with Gasteiger partial charge in [-0.15, -0.1) is 0 Å². The van der Waals surface area contributed by atoms with Gasteiger partial charge in [0.15, 0.2) is 0 Å². The van der Waals surface area contributed by atoms with E-state index in [0.29, 0.717) is 23.0 Å². The molecule has 0 radical (unpaired) electrons. The molecule has 0 aliphatic carbocycles. The second kappa shape index (κ2) is 7.94. The lowest BCUT2D eigenvalue weighted by Gasteiger charge is -2.28. The van der Waals surface area contributed by atoms with Gasteiger partial charge < -0.3 is 15.3 Å². The largest absolute Gasteiger partial charge is 0.478 e. The summed E-state index contributed by atoms with van der Waals surface area (Å²) < 4.78 is 14.5. The van der Waals surface area contributed by atoms with Crippen molar-refractivity contribution in [3.8, 4) is 0 Å². The monoisotopic (exact) mass is 404 g/mol. The fourth-order valence-corrected chi connectivity index (χ4v) is 3.48. The van der Waals surface area contributed by atoms with Gasteiger partial charge in [-0.25, -0.2) is 19.2 Å². The first-order valence-corrected chi connectivity index (χ1v) is 9.62. The number of rotatable bonds is 4. The summed E-state index contributed by atoms with van der Waals surface area (Å²) in [5.74, 6) is -0.656. The van der Waals surface area contributed by atoms with Crippen LogP contribution >= 0.6 is 0 Å². The predicted molar refractivity (Wildman–Crippen MR) is 113 cm³/mol. The number of hydrogen-bond acceptors (Lipinski definition) is 5. The van der Waals surface area contributed by atoms with Crippen molar-refractivity contribution in [2.75, 3.05) is 5.32 Å². The molecular weight excluding hydrogens is 383 g/mol. The molecule has 152 valence electrons. The third-order valence-electron chi connectivity index (χ3n) is 5.29.